The number of hydrogen-bond acceptors (Lipinski definition) is 10. The fraction of sp³-hybridized carbons (Fsp3) is 0.385. The maximum Gasteiger partial charge on any atom is 0.211 e. The fourth-order valence-corrected chi connectivity index (χ4v) is 5.18. The predicted octanol–water partition coefficient (Wildman–Crippen LogP) is -1.93. The Morgan fingerprint density at radius 2 is 1.73 bits per heavy atom. The van der Waals surface area contributed by atoms with Gasteiger partial charge >= 0.3 is 0 Å². The van der Waals surface area contributed by atoms with E-state index in [1.165, 1.54) is 6.92 Å². The third kappa shape index (κ3) is 2.59. The molecule has 0 amide bonds. The van der Waals surface area contributed by atoms with Gasteiger partial charge in [0.25, 0.3) is 0 Å². The topological polar surface area (TPSA) is 206 Å². The Labute approximate surface area is 148 Å². The molecule has 1 aliphatic heterocycles. The molecular formula is C13H13N3O8S2-2. The lowest BCUT2D eigenvalue weighted by Gasteiger charge is -2.22. The predicted molar refractivity (Wildman–Crippen MR) is 83.8 cm³/mol. The molecule has 0 unspecified atom stereocenters. The van der Waals surface area contributed by atoms with Crippen LogP contribution >= 0.6 is 0 Å². The molecule has 11 nitrogen and oxygen atoms in total. The average molecular weight is 403 g/mol. The highest BCUT2D eigenvalue weighted by atomic mass is 32.2. The molecule has 1 aliphatic carbocycles. The van der Waals surface area contributed by atoms with Crippen LogP contribution in [0.2, 0.25) is 0 Å². The van der Waals surface area contributed by atoms with E-state index in [0.29, 0.717) is 0 Å². The van der Waals surface area contributed by atoms with E-state index in [2.05, 4.69) is 0 Å². The van der Waals surface area contributed by atoms with E-state index in [-0.39, 0.29) is 17.8 Å². The lowest BCUT2D eigenvalue weighted by atomic mass is 9.90. The van der Waals surface area contributed by atoms with Gasteiger partial charge in [0.2, 0.25) is 11.6 Å². The van der Waals surface area contributed by atoms with Gasteiger partial charge in [-0.2, -0.15) is 0 Å². The Morgan fingerprint density at radius 3 is 2.23 bits per heavy atom. The fourth-order valence-electron chi connectivity index (χ4n) is 3.47. The summed E-state index contributed by atoms with van der Waals surface area (Å²) in [6.45, 7) is 0.966. The van der Waals surface area contributed by atoms with Gasteiger partial charge < -0.3 is 25.1 Å². The Hall–Kier alpha value is -2.06. The zero-order valence-corrected chi connectivity index (χ0v) is 14.9. The van der Waals surface area contributed by atoms with Crippen molar-refractivity contribution in [2.24, 2.45) is 11.5 Å². The molecule has 0 bridgehead atoms. The molecule has 13 heteroatoms. The van der Waals surface area contributed by atoms with Crippen LogP contribution in [-0.2, 0) is 32.5 Å². The van der Waals surface area contributed by atoms with E-state index in [1.807, 2.05) is 0 Å². The normalized spacial score (nSPS) is 23.4. The Morgan fingerprint density at radius 1 is 1.15 bits per heavy atom. The number of carbonyl (C=O) groups is 2. The van der Waals surface area contributed by atoms with E-state index in [4.69, 9.17) is 11.5 Å². The highest BCUT2D eigenvalue weighted by molar-refractivity contribution is 7.86. The molecule has 0 spiro atoms. The molecule has 2 atom stereocenters. The van der Waals surface area contributed by atoms with Crippen molar-refractivity contribution < 1.29 is 35.5 Å². The summed E-state index contributed by atoms with van der Waals surface area (Å²) in [6.07, 6.45) is 0. The number of aromatic nitrogens is 1. The molecule has 0 saturated heterocycles. The zero-order valence-electron chi connectivity index (χ0n) is 13.3. The van der Waals surface area contributed by atoms with E-state index in [0.717, 1.165) is 4.57 Å². The van der Waals surface area contributed by atoms with Crippen molar-refractivity contribution >= 4 is 31.8 Å². The molecule has 4 N–H and O–H groups in total. The third-order valence-corrected chi connectivity index (χ3v) is 6.36. The summed E-state index contributed by atoms with van der Waals surface area (Å²) in [5, 5.41) is -1.90. The number of carbonyl (C=O) groups excluding carboxylic acids is 2. The minimum Gasteiger partial charge on any atom is -0.748 e. The first-order valence-corrected chi connectivity index (χ1v) is 10.3. The summed E-state index contributed by atoms with van der Waals surface area (Å²) in [6, 6.07) is -1.27. The van der Waals surface area contributed by atoms with Crippen LogP contribution in [0.5, 0.6) is 0 Å². The monoisotopic (exact) mass is 403 g/mol. The van der Waals surface area contributed by atoms with Crippen molar-refractivity contribution in [3.8, 4) is 0 Å². The summed E-state index contributed by atoms with van der Waals surface area (Å²) in [7, 11) is -10.0. The van der Waals surface area contributed by atoms with Crippen molar-refractivity contribution in [2.45, 2.75) is 30.5 Å². The molecule has 26 heavy (non-hydrogen) atoms. The van der Waals surface area contributed by atoms with Gasteiger partial charge in [-0.1, -0.05) is 0 Å². The molecule has 0 saturated carbocycles. The van der Waals surface area contributed by atoms with Gasteiger partial charge in [0.05, 0.1) is 27.1 Å². The first kappa shape index (κ1) is 18.7. The van der Waals surface area contributed by atoms with Crippen LogP contribution in [-0.4, -0.2) is 48.1 Å². The molecule has 3 rings (SSSR count). The zero-order chi connectivity index (χ0) is 19.8. The lowest BCUT2D eigenvalue weighted by Crippen LogP contribution is -2.33. The van der Waals surface area contributed by atoms with E-state index in [9.17, 15) is 35.5 Å². The minimum absolute atomic E-state index is 0.110. The number of ketones is 2. The molecule has 2 heterocycles. The third-order valence-electron chi connectivity index (χ3n) is 4.52. The van der Waals surface area contributed by atoms with Crippen LogP contribution in [0.1, 0.15) is 44.3 Å². The quantitative estimate of drug-likeness (QED) is 0.534. The van der Waals surface area contributed by atoms with Crippen molar-refractivity contribution in [2.75, 3.05) is 0 Å². The molecular weight excluding hydrogens is 390 g/mol. The molecule has 142 valence electrons. The van der Waals surface area contributed by atoms with Gasteiger partial charge in [-0.05, 0) is 6.92 Å². The van der Waals surface area contributed by atoms with Gasteiger partial charge in [-0.25, -0.2) is 16.8 Å². The molecule has 1 aromatic heterocycles. The Balaban J connectivity index is 2.43. The van der Waals surface area contributed by atoms with Gasteiger partial charge in [-0.3, -0.25) is 9.59 Å². The van der Waals surface area contributed by atoms with Crippen molar-refractivity contribution in [3.05, 3.63) is 33.8 Å². The molecule has 2 aliphatic rings. The summed E-state index contributed by atoms with van der Waals surface area (Å²) < 4.78 is 69.9. The van der Waals surface area contributed by atoms with Crippen LogP contribution in [0.4, 0.5) is 0 Å². The van der Waals surface area contributed by atoms with Gasteiger partial charge in [0, 0.05) is 29.4 Å². The van der Waals surface area contributed by atoms with Gasteiger partial charge in [-0.15, -0.1) is 0 Å². The average Bonchev–Trinajstić information content (AvgIpc) is 2.95. The second-order valence-corrected chi connectivity index (χ2v) is 9.07. The maximum atomic E-state index is 12.6. The van der Waals surface area contributed by atoms with Crippen molar-refractivity contribution in [1.82, 2.24) is 4.57 Å². The van der Waals surface area contributed by atoms with Gasteiger partial charge in [0.1, 0.15) is 21.1 Å². The van der Waals surface area contributed by atoms with Gasteiger partial charge in [0.15, 0.2) is 0 Å². The van der Waals surface area contributed by atoms with Crippen LogP contribution in [0.3, 0.4) is 0 Å². The SMILES string of the molecule is CC1=C(N)C(=O)c2c(CS(=O)(=O)[O-])c3n(c2C1=O)C[C@H](N)[C@H]3S(=O)(=O)[O-]. The number of rotatable bonds is 3. The minimum atomic E-state index is -5.06. The summed E-state index contributed by atoms with van der Waals surface area (Å²) >= 11 is 0. The first-order chi connectivity index (χ1) is 11.8. The number of nitrogens with two attached hydrogens (primary N) is 2. The van der Waals surface area contributed by atoms with Crippen LogP contribution < -0.4 is 11.5 Å². The van der Waals surface area contributed by atoms with Crippen molar-refractivity contribution in [3.63, 3.8) is 0 Å². The highest BCUT2D eigenvalue weighted by Crippen LogP contribution is 2.42. The van der Waals surface area contributed by atoms with Crippen LogP contribution in [0.15, 0.2) is 11.3 Å². The Bertz CT molecular complexity index is 1110. The van der Waals surface area contributed by atoms with E-state index in [1.54, 1.807) is 0 Å². The van der Waals surface area contributed by atoms with Crippen LogP contribution in [0, 0.1) is 0 Å². The number of hydrogen-bond donors (Lipinski definition) is 2. The lowest BCUT2D eigenvalue weighted by molar-refractivity contribution is 0.0967. The molecule has 0 fully saturated rings. The standard InChI is InChI=1S/C13H15N3O8S2/c1-4-8(15)12(18)7-5(3-25(19,20)21)9-13(26(22,23)24)6(14)2-16(9)10(7)11(4)17/h6,13H,2-3,14-15H2,1H3,(H,19,20,21)(H,22,23,24)/p-2/t6-,13+/m0/s1. The number of nitrogens with zero attached hydrogens (tertiary/aromatic N) is 1. The second kappa shape index (κ2) is 5.47. The molecule has 0 aromatic carbocycles. The first-order valence-electron chi connectivity index (χ1n) is 7.20. The second-order valence-electron chi connectivity index (χ2n) is 6.17. The maximum absolute atomic E-state index is 12.6. The summed E-state index contributed by atoms with van der Waals surface area (Å²) in [5.41, 5.74) is 9.05. The molecule has 1 aromatic rings. The summed E-state index contributed by atoms with van der Waals surface area (Å²) in [5.74, 6) is -2.92. The number of allylic oxidation sites excluding steroid dienone is 2. The molecule has 0 radical (unpaired) electrons. The summed E-state index contributed by atoms with van der Waals surface area (Å²) in [4.78, 5) is 25.1. The number of Topliss-reactive ketones (excluding diaryl/α,β-unsaturated/α-hetero) is 2. The van der Waals surface area contributed by atoms with Crippen LogP contribution in [0.25, 0.3) is 0 Å². The highest BCUT2D eigenvalue weighted by Gasteiger charge is 2.46. The largest absolute Gasteiger partial charge is 0.748 e. The van der Waals surface area contributed by atoms with E-state index >= 15 is 0 Å². The van der Waals surface area contributed by atoms with E-state index < -0.39 is 71.4 Å². The smallest absolute Gasteiger partial charge is 0.211 e. The number of fused-ring (bicyclic) bond motifs is 3. The Kier molecular flexibility index (Phi) is 3.94. The van der Waals surface area contributed by atoms with Crippen molar-refractivity contribution in [1.29, 1.82) is 0 Å².